The van der Waals surface area contributed by atoms with Crippen LogP contribution in [0.4, 0.5) is 5.69 Å². The molecular weight excluding hydrogens is 236 g/mol. The number of nitrogens with one attached hydrogen (secondary N) is 1. The van der Waals surface area contributed by atoms with Gasteiger partial charge >= 0.3 is 5.97 Å². The van der Waals surface area contributed by atoms with Gasteiger partial charge in [0.2, 0.25) is 0 Å². The highest BCUT2D eigenvalue weighted by Crippen LogP contribution is 2.17. The second kappa shape index (κ2) is 4.46. The molecule has 0 fully saturated rings. The van der Waals surface area contributed by atoms with Gasteiger partial charge in [-0.05, 0) is 18.2 Å². The quantitative estimate of drug-likeness (QED) is 0.658. The number of amides is 1. The van der Waals surface area contributed by atoms with Gasteiger partial charge in [-0.25, -0.2) is 9.78 Å². The van der Waals surface area contributed by atoms with E-state index in [1.54, 1.807) is 24.5 Å². The van der Waals surface area contributed by atoms with E-state index in [0.29, 0.717) is 11.2 Å². The first-order valence-electron chi connectivity index (χ1n) is 5.19. The molecule has 0 saturated heterocycles. The zero-order valence-corrected chi connectivity index (χ0v) is 9.62. The summed E-state index contributed by atoms with van der Waals surface area (Å²) in [5.74, 6) is -2.14. The third kappa shape index (κ3) is 2.16. The Balaban J connectivity index is 2.22. The van der Waals surface area contributed by atoms with Crippen molar-refractivity contribution in [1.82, 2.24) is 9.55 Å². The first-order chi connectivity index (χ1) is 8.49. The van der Waals surface area contributed by atoms with E-state index in [2.05, 4.69) is 10.3 Å². The number of carboxylic acids is 1. The number of hydrogen-bond acceptors (Lipinski definition) is 4. The number of imidazole rings is 1. The highest BCUT2D eigenvalue weighted by Gasteiger charge is 2.21. The van der Waals surface area contributed by atoms with Crippen molar-refractivity contribution in [3.8, 4) is 0 Å². The summed E-state index contributed by atoms with van der Waals surface area (Å²) in [6.45, 7) is 0. The molecule has 1 unspecified atom stereocenters. The fourth-order valence-electron chi connectivity index (χ4n) is 1.55. The number of nitrogens with two attached hydrogens (primary N) is 1. The van der Waals surface area contributed by atoms with Gasteiger partial charge < -0.3 is 20.7 Å². The van der Waals surface area contributed by atoms with Crippen molar-refractivity contribution in [1.29, 1.82) is 0 Å². The zero-order chi connectivity index (χ0) is 13.3. The molecule has 94 valence electrons. The number of carboxylic acid groups (broad SMARTS) is 1. The van der Waals surface area contributed by atoms with Crippen molar-refractivity contribution < 1.29 is 14.7 Å². The summed E-state index contributed by atoms with van der Waals surface area (Å²) in [4.78, 5) is 26.1. The second-order valence-electron chi connectivity index (χ2n) is 3.86. The van der Waals surface area contributed by atoms with E-state index in [9.17, 15) is 9.59 Å². The molecule has 7 heteroatoms. The molecule has 1 amide bonds. The van der Waals surface area contributed by atoms with Gasteiger partial charge in [-0.2, -0.15) is 0 Å². The number of anilines is 1. The Morgan fingerprint density at radius 1 is 1.50 bits per heavy atom. The van der Waals surface area contributed by atoms with Crippen LogP contribution in [-0.4, -0.2) is 32.6 Å². The standard InChI is InChI=1S/C11H12N4O3/c1-15-5-13-7-4-6(2-3-8(7)15)14-10(16)9(12)11(17)18/h2-5,9H,12H2,1H3,(H,14,16)(H,17,18). The van der Waals surface area contributed by atoms with E-state index in [0.717, 1.165) is 5.52 Å². The largest absolute Gasteiger partial charge is 0.480 e. The molecule has 1 aromatic heterocycles. The number of carbonyl (C=O) groups is 2. The van der Waals surface area contributed by atoms with Crippen LogP contribution in [0.2, 0.25) is 0 Å². The third-order valence-electron chi connectivity index (χ3n) is 2.54. The number of aromatic nitrogens is 2. The average Bonchev–Trinajstić information content (AvgIpc) is 2.69. The van der Waals surface area contributed by atoms with Crippen LogP contribution >= 0.6 is 0 Å². The van der Waals surface area contributed by atoms with E-state index < -0.39 is 17.9 Å². The van der Waals surface area contributed by atoms with Crippen LogP contribution < -0.4 is 11.1 Å². The van der Waals surface area contributed by atoms with Crippen LogP contribution in [0, 0.1) is 0 Å². The first-order valence-corrected chi connectivity index (χ1v) is 5.19. The molecule has 0 radical (unpaired) electrons. The predicted molar refractivity (Wildman–Crippen MR) is 65.0 cm³/mol. The highest BCUT2D eigenvalue weighted by molar-refractivity contribution is 6.07. The average molecular weight is 248 g/mol. The fourth-order valence-corrected chi connectivity index (χ4v) is 1.55. The van der Waals surface area contributed by atoms with Crippen LogP contribution in [-0.2, 0) is 16.6 Å². The Bertz CT molecular complexity index is 620. The van der Waals surface area contributed by atoms with Gasteiger partial charge in [0.1, 0.15) is 0 Å². The van der Waals surface area contributed by atoms with E-state index in [-0.39, 0.29) is 0 Å². The second-order valence-corrected chi connectivity index (χ2v) is 3.86. The Morgan fingerprint density at radius 2 is 2.22 bits per heavy atom. The molecule has 0 spiro atoms. The van der Waals surface area contributed by atoms with Crippen LogP contribution in [0.5, 0.6) is 0 Å². The lowest BCUT2D eigenvalue weighted by molar-refractivity contribution is -0.141. The maximum absolute atomic E-state index is 11.5. The van der Waals surface area contributed by atoms with Crippen molar-refractivity contribution >= 4 is 28.6 Å². The molecule has 2 aromatic rings. The lowest BCUT2D eigenvalue weighted by Gasteiger charge is -2.08. The summed E-state index contributed by atoms with van der Waals surface area (Å²) < 4.78 is 1.84. The molecular formula is C11H12N4O3. The normalized spacial score (nSPS) is 12.3. The van der Waals surface area contributed by atoms with Crippen LogP contribution in [0.25, 0.3) is 11.0 Å². The zero-order valence-electron chi connectivity index (χ0n) is 9.62. The molecule has 0 bridgehead atoms. The summed E-state index contributed by atoms with van der Waals surface area (Å²) in [5, 5.41) is 11.0. The van der Waals surface area contributed by atoms with Crippen LogP contribution in [0.1, 0.15) is 0 Å². The Hall–Kier alpha value is -2.41. The maximum Gasteiger partial charge on any atom is 0.330 e. The number of benzene rings is 1. The summed E-state index contributed by atoms with van der Waals surface area (Å²) in [6.07, 6.45) is 1.65. The molecule has 0 aliphatic carbocycles. The summed E-state index contributed by atoms with van der Waals surface area (Å²) in [5.41, 5.74) is 7.27. The van der Waals surface area contributed by atoms with Gasteiger partial charge in [0.05, 0.1) is 17.4 Å². The van der Waals surface area contributed by atoms with E-state index in [1.807, 2.05) is 11.6 Å². The summed E-state index contributed by atoms with van der Waals surface area (Å²) in [7, 11) is 1.86. The minimum atomic E-state index is -1.58. The van der Waals surface area contributed by atoms with Crippen molar-refractivity contribution in [2.75, 3.05) is 5.32 Å². The molecule has 1 heterocycles. The summed E-state index contributed by atoms with van der Waals surface area (Å²) >= 11 is 0. The van der Waals surface area contributed by atoms with Crippen molar-refractivity contribution in [3.63, 3.8) is 0 Å². The van der Waals surface area contributed by atoms with E-state index in [1.165, 1.54) is 0 Å². The Morgan fingerprint density at radius 3 is 2.89 bits per heavy atom. The van der Waals surface area contributed by atoms with Gasteiger partial charge in [0.25, 0.3) is 5.91 Å². The summed E-state index contributed by atoms with van der Waals surface area (Å²) in [6, 6.07) is 3.52. The minimum absolute atomic E-state index is 0.461. The van der Waals surface area contributed by atoms with Gasteiger partial charge in [-0.3, -0.25) is 4.79 Å². The van der Waals surface area contributed by atoms with Gasteiger partial charge in [-0.15, -0.1) is 0 Å². The highest BCUT2D eigenvalue weighted by atomic mass is 16.4. The number of fused-ring (bicyclic) bond motifs is 1. The number of carbonyl (C=O) groups excluding carboxylic acids is 1. The van der Waals surface area contributed by atoms with Gasteiger partial charge in [0.15, 0.2) is 6.04 Å². The molecule has 2 rings (SSSR count). The van der Waals surface area contributed by atoms with Crippen LogP contribution in [0.3, 0.4) is 0 Å². The number of hydrogen-bond donors (Lipinski definition) is 3. The van der Waals surface area contributed by atoms with E-state index in [4.69, 9.17) is 10.8 Å². The monoisotopic (exact) mass is 248 g/mol. The van der Waals surface area contributed by atoms with Gasteiger partial charge in [0, 0.05) is 12.7 Å². The number of aryl methyl sites for hydroxylation is 1. The molecule has 1 aromatic carbocycles. The van der Waals surface area contributed by atoms with Crippen LogP contribution in [0.15, 0.2) is 24.5 Å². The lowest BCUT2D eigenvalue weighted by atomic mass is 10.2. The number of aliphatic carboxylic acids is 1. The number of nitrogens with zero attached hydrogens (tertiary/aromatic N) is 2. The van der Waals surface area contributed by atoms with Crippen molar-refractivity contribution in [2.45, 2.75) is 6.04 Å². The Kier molecular flexibility index (Phi) is 2.99. The third-order valence-corrected chi connectivity index (χ3v) is 2.54. The minimum Gasteiger partial charge on any atom is -0.480 e. The molecule has 0 aliphatic rings. The van der Waals surface area contributed by atoms with Crippen molar-refractivity contribution in [2.24, 2.45) is 12.8 Å². The molecule has 1 atom stereocenters. The smallest absolute Gasteiger partial charge is 0.330 e. The first kappa shape index (κ1) is 12.1. The van der Waals surface area contributed by atoms with Gasteiger partial charge in [-0.1, -0.05) is 0 Å². The molecule has 4 N–H and O–H groups in total. The Labute approximate surface area is 102 Å². The van der Waals surface area contributed by atoms with Crippen molar-refractivity contribution in [3.05, 3.63) is 24.5 Å². The molecule has 18 heavy (non-hydrogen) atoms. The predicted octanol–water partition coefficient (Wildman–Crippen LogP) is -0.0763. The fraction of sp³-hybridized carbons (Fsp3) is 0.182. The maximum atomic E-state index is 11.5. The number of rotatable bonds is 3. The SMILES string of the molecule is Cn1cnc2cc(NC(=O)C(N)C(=O)O)ccc21. The lowest BCUT2D eigenvalue weighted by Crippen LogP contribution is -2.42. The molecule has 0 saturated carbocycles. The van der Waals surface area contributed by atoms with E-state index >= 15 is 0 Å². The topological polar surface area (TPSA) is 110 Å². The molecule has 7 nitrogen and oxygen atoms in total. The molecule has 0 aliphatic heterocycles.